The fourth-order valence-corrected chi connectivity index (χ4v) is 4.17. The first-order chi connectivity index (χ1) is 16.7. The number of halogens is 1. The van der Waals surface area contributed by atoms with E-state index in [1.54, 1.807) is 19.2 Å². The Balaban J connectivity index is 0.00000342. The minimum Gasteiger partial charge on any atom is -0.496 e. The molecule has 2 unspecified atom stereocenters. The van der Waals surface area contributed by atoms with Gasteiger partial charge in [-0.1, -0.05) is 48.5 Å². The summed E-state index contributed by atoms with van der Waals surface area (Å²) in [6.07, 6.45) is 1.08. The van der Waals surface area contributed by atoms with Crippen molar-refractivity contribution in [3.05, 3.63) is 95.6 Å². The third kappa shape index (κ3) is 7.56. The highest BCUT2D eigenvalue weighted by Crippen LogP contribution is 2.30. The molecule has 1 N–H and O–H groups in total. The van der Waals surface area contributed by atoms with Crippen LogP contribution >= 0.6 is 17.0 Å². The van der Waals surface area contributed by atoms with Crippen molar-refractivity contribution in [3.63, 3.8) is 0 Å². The van der Waals surface area contributed by atoms with E-state index in [2.05, 4.69) is 17.4 Å². The zero-order valence-corrected chi connectivity index (χ0v) is 21.6. The lowest BCUT2D eigenvalue weighted by molar-refractivity contribution is 0.00982. The summed E-state index contributed by atoms with van der Waals surface area (Å²) in [7, 11) is 1.68. The highest BCUT2D eigenvalue weighted by molar-refractivity contribution is 8.93. The lowest BCUT2D eigenvalue weighted by atomic mass is 9.87. The molecule has 0 saturated carbocycles. The third-order valence-corrected chi connectivity index (χ3v) is 5.97. The predicted molar refractivity (Wildman–Crippen MR) is 141 cm³/mol. The Kier molecular flexibility index (Phi) is 10.6. The van der Waals surface area contributed by atoms with Crippen LogP contribution in [0.1, 0.15) is 33.8 Å². The summed E-state index contributed by atoms with van der Waals surface area (Å²) in [5, 5.41) is 3.44. The van der Waals surface area contributed by atoms with Gasteiger partial charge in [0.1, 0.15) is 24.7 Å². The Morgan fingerprint density at radius 2 is 1.69 bits per heavy atom. The van der Waals surface area contributed by atoms with Crippen molar-refractivity contribution in [1.29, 1.82) is 0 Å². The summed E-state index contributed by atoms with van der Waals surface area (Å²) in [6, 6.07) is 25.0. The number of benzene rings is 3. The predicted octanol–water partition coefficient (Wildman–Crippen LogP) is 5.17. The number of methoxy groups -OCH3 is 1. The fourth-order valence-electron chi connectivity index (χ4n) is 4.17. The average Bonchev–Trinajstić information content (AvgIpc) is 2.91. The van der Waals surface area contributed by atoms with E-state index in [0.717, 1.165) is 36.6 Å². The Hall–Kier alpha value is -2.87. The smallest absolute Gasteiger partial charge is 0.338 e. The Labute approximate surface area is 217 Å². The van der Waals surface area contributed by atoms with Crippen LogP contribution in [0.4, 0.5) is 0 Å². The number of hydrogen-bond donors (Lipinski definition) is 1. The van der Waals surface area contributed by atoms with Crippen LogP contribution in [-0.2, 0) is 16.1 Å². The minimum absolute atomic E-state index is 0. The molecule has 0 bridgehead atoms. The Bertz CT molecular complexity index is 1040. The summed E-state index contributed by atoms with van der Waals surface area (Å²) in [5.41, 5.74) is 2.82. The number of ether oxygens (including phenoxy) is 4. The molecular formula is C28H32BrNO5. The lowest BCUT2D eigenvalue weighted by Crippen LogP contribution is -2.40. The average molecular weight is 542 g/mol. The van der Waals surface area contributed by atoms with E-state index in [0.29, 0.717) is 24.7 Å². The van der Waals surface area contributed by atoms with Crippen molar-refractivity contribution in [1.82, 2.24) is 5.32 Å². The molecule has 0 spiro atoms. The normalized spacial score (nSPS) is 17.2. The summed E-state index contributed by atoms with van der Waals surface area (Å²) in [6.45, 7) is 2.78. The van der Waals surface area contributed by atoms with Gasteiger partial charge in [0.2, 0.25) is 0 Å². The molecule has 3 aromatic carbocycles. The van der Waals surface area contributed by atoms with Gasteiger partial charge in [-0.3, -0.25) is 0 Å². The zero-order valence-electron chi connectivity index (χ0n) is 19.9. The van der Waals surface area contributed by atoms with E-state index >= 15 is 0 Å². The van der Waals surface area contributed by atoms with Crippen LogP contribution in [0.2, 0.25) is 0 Å². The molecule has 35 heavy (non-hydrogen) atoms. The number of hydrogen-bond acceptors (Lipinski definition) is 6. The van der Waals surface area contributed by atoms with Gasteiger partial charge in [0.25, 0.3) is 0 Å². The van der Waals surface area contributed by atoms with Crippen molar-refractivity contribution in [3.8, 4) is 11.5 Å². The highest BCUT2D eigenvalue weighted by atomic mass is 79.9. The van der Waals surface area contributed by atoms with Crippen LogP contribution in [-0.4, -0.2) is 45.5 Å². The first kappa shape index (κ1) is 26.7. The Morgan fingerprint density at radius 3 is 2.46 bits per heavy atom. The van der Waals surface area contributed by atoms with Crippen LogP contribution < -0.4 is 14.8 Å². The number of carbonyl (C=O) groups excluding carboxylic acids is 1. The molecule has 0 radical (unpaired) electrons. The van der Waals surface area contributed by atoms with E-state index in [-0.39, 0.29) is 35.7 Å². The molecule has 1 aliphatic heterocycles. The summed E-state index contributed by atoms with van der Waals surface area (Å²) >= 11 is 0. The minimum atomic E-state index is -0.343. The van der Waals surface area contributed by atoms with Crippen molar-refractivity contribution in [2.45, 2.75) is 25.0 Å². The molecule has 0 aromatic heterocycles. The molecule has 1 aliphatic rings. The summed E-state index contributed by atoms with van der Waals surface area (Å²) in [4.78, 5) is 12.0. The number of nitrogens with one attached hydrogen (secondary N) is 1. The molecule has 3 aromatic rings. The van der Waals surface area contributed by atoms with Gasteiger partial charge in [0.05, 0.1) is 25.4 Å². The van der Waals surface area contributed by atoms with Gasteiger partial charge in [-0.25, -0.2) is 4.79 Å². The van der Waals surface area contributed by atoms with Gasteiger partial charge in [-0.15, -0.1) is 17.0 Å². The van der Waals surface area contributed by atoms with E-state index in [4.69, 9.17) is 18.9 Å². The topological polar surface area (TPSA) is 66.0 Å². The number of rotatable bonds is 10. The van der Waals surface area contributed by atoms with Gasteiger partial charge >= 0.3 is 5.97 Å². The maximum Gasteiger partial charge on any atom is 0.338 e. The number of esters is 1. The van der Waals surface area contributed by atoms with Crippen LogP contribution in [0.25, 0.3) is 0 Å². The molecule has 7 heteroatoms. The van der Waals surface area contributed by atoms with E-state index < -0.39 is 0 Å². The van der Waals surface area contributed by atoms with Gasteiger partial charge < -0.3 is 24.3 Å². The van der Waals surface area contributed by atoms with Gasteiger partial charge in [-0.05, 0) is 48.9 Å². The third-order valence-electron chi connectivity index (χ3n) is 5.97. The van der Waals surface area contributed by atoms with Crippen molar-refractivity contribution >= 4 is 23.0 Å². The molecule has 4 rings (SSSR count). The van der Waals surface area contributed by atoms with E-state index in [1.165, 1.54) is 5.56 Å². The van der Waals surface area contributed by atoms with Gasteiger partial charge in [0, 0.05) is 18.0 Å². The number of para-hydroxylation sites is 1. The highest BCUT2D eigenvalue weighted by Gasteiger charge is 2.27. The van der Waals surface area contributed by atoms with E-state index in [9.17, 15) is 4.79 Å². The molecule has 0 aliphatic carbocycles. The van der Waals surface area contributed by atoms with Crippen molar-refractivity contribution in [2.75, 3.05) is 33.4 Å². The first-order valence-corrected chi connectivity index (χ1v) is 11.6. The second-order valence-electron chi connectivity index (χ2n) is 8.18. The SMILES string of the molecule is Br.COc1ccccc1COC1CNCCC1c1ccc(OCCOC(=O)c2ccccc2)cc1. The number of carbonyl (C=O) groups is 1. The molecule has 6 nitrogen and oxygen atoms in total. The zero-order chi connectivity index (χ0) is 23.6. The quantitative estimate of drug-likeness (QED) is 0.282. The fraction of sp³-hybridized carbons (Fsp3) is 0.321. The molecule has 1 fully saturated rings. The van der Waals surface area contributed by atoms with E-state index in [1.807, 2.05) is 54.6 Å². The van der Waals surface area contributed by atoms with Crippen LogP contribution in [0, 0.1) is 0 Å². The van der Waals surface area contributed by atoms with Crippen LogP contribution in [0.15, 0.2) is 78.9 Å². The van der Waals surface area contributed by atoms with Crippen molar-refractivity contribution in [2.24, 2.45) is 0 Å². The molecule has 186 valence electrons. The lowest BCUT2D eigenvalue weighted by Gasteiger charge is -2.32. The monoisotopic (exact) mass is 541 g/mol. The molecule has 2 atom stereocenters. The van der Waals surface area contributed by atoms with Crippen molar-refractivity contribution < 1.29 is 23.7 Å². The summed E-state index contributed by atoms with van der Waals surface area (Å²) in [5.74, 6) is 1.56. The molecule has 1 saturated heterocycles. The number of piperidine rings is 1. The second kappa shape index (κ2) is 13.9. The van der Waals surface area contributed by atoms with Gasteiger partial charge in [-0.2, -0.15) is 0 Å². The molecular weight excluding hydrogens is 510 g/mol. The van der Waals surface area contributed by atoms with Crippen LogP contribution in [0.3, 0.4) is 0 Å². The Morgan fingerprint density at radius 1 is 0.943 bits per heavy atom. The molecule has 1 heterocycles. The second-order valence-corrected chi connectivity index (χ2v) is 8.18. The van der Waals surface area contributed by atoms with Gasteiger partial charge in [0.15, 0.2) is 0 Å². The first-order valence-electron chi connectivity index (χ1n) is 11.6. The summed E-state index contributed by atoms with van der Waals surface area (Å²) < 4.78 is 22.8. The largest absolute Gasteiger partial charge is 0.496 e. The maximum atomic E-state index is 12.0. The van der Waals surface area contributed by atoms with Crippen LogP contribution in [0.5, 0.6) is 11.5 Å². The standard InChI is InChI=1S/C28H31NO5.BrH/c1-31-26-10-6-5-9-23(26)20-34-27-19-29-16-15-25(27)21-11-13-24(14-12-21)32-17-18-33-28(30)22-7-3-2-4-8-22;/h2-14,25,27,29H,15-20H2,1H3;1H. The maximum absolute atomic E-state index is 12.0. The molecule has 0 amide bonds.